The number of hydrogen-bond acceptors (Lipinski definition) is 1. The van der Waals surface area contributed by atoms with Crippen molar-refractivity contribution in [3.63, 3.8) is 0 Å². The molecule has 2 heteroatoms. The van der Waals surface area contributed by atoms with E-state index in [9.17, 15) is 4.79 Å². The molecular formula is C24H48NO+. The number of Topliss-reactive ketones (excluding diaryl/α,β-unsaturated/α-hetero) is 1. The number of allylic oxidation sites excluding steroid dienone is 2. The summed E-state index contributed by atoms with van der Waals surface area (Å²) in [7, 11) is 4.34. The number of carbonyl (C=O) groups is 1. The van der Waals surface area contributed by atoms with Gasteiger partial charge in [-0.05, 0) is 38.5 Å². The zero-order chi connectivity index (χ0) is 19.5. The normalized spacial score (nSPS) is 12.2. The Hall–Kier alpha value is -0.630. The molecule has 0 atom stereocenters. The van der Waals surface area contributed by atoms with E-state index in [0.29, 0.717) is 12.3 Å². The van der Waals surface area contributed by atoms with E-state index >= 15 is 0 Å². The highest BCUT2D eigenvalue weighted by atomic mass is 16.1. The number of rotatable bonds is 19. The minimum atomic E-state index is 0.445. The van der Waals surface area contributed by atoms with Crippen molar-refractivity contribution in [1.82, 2.24) is 0 Å². The van der Waals surface area contributed by atoms with E-state index in [-0.39, 0.29) is 0 Å². The summed E-state index contributed by atoms with van der Waals surface area (Å²) in [5.74, 6) is 0.445. The number of quaternary nitrogens is 1. The molecule has 0 aromatic heterocycles. The summed E-state index contributed by atoms with van der Waals surface area (Å²) in [5, 5.41) is 0. The molecule has 0 radical (unpaired) electrons. The van der Waals surface area contributed by atoms with Gasteiger partial charge in [0.15, 0.2) is 5.78 Å². The van der Waals surface area contributed by atoms with E-state index in [1.807, 2.05) is 0 Å². The molecule has 0 aliphatic heterocycles. The van der Waals surface area contributed by atoms with Gasteiger partial charge in [0.1, 0.15) is 6.54 Å². The van der Waals surface area contributed by atoms with Gasteiger partial charge in [-0.3, -0.25) is 4.79 Å². The van der Waals surface area contributed by atoms with Gasteiger partial charge in [0.2, 0.25) is 0 Å². The lowest BCUT2D eigenvalue weighted by atomic mass is 10.1. The molecule has 0 aliphatic rings. The van der Waals surface area contributed by atoms with E-state index in [1.54, 1.807) is 0 Å². The Morgan fingerprint density at radius 2 is 1.19 bits per heavy atom. The fraction of sp³-hybridized carbons (Fsp3) is 0.875. The van der Waals surface area contributed by atoms with Crippen LogP contribution in [0.15, 0.2) is 12.2 Å². The molecule has 0 saturated heterocycles. The van der Waals surface area contributed by atoms with Crippen LogP contribution in [0.2, 0.25) is 0 Å². The van der Waals surface area contributed by atoms with Crippen LogP contribution in [0.3, 0.4) is 0 Å². The van der Waals surface area contributed by atoms with Crippen LogP contribution in [0.1, 0.15) is 110 Å². The van der Waals surface area contributed by atoms with Crippen LogP contribution in [0, 0.1) is 0 Å². The lowest BCUT2D eigenvalue weighted by Crippen LogP contribution is -2.44. The molecule has 0 saturated carbocycles. The summed E-state index contributed by atoms with van der Waals surface area (Å²) in [6, 6.07) is 0. The molecule has 26 heavy (non-hydrogen) atoms. The maximum atomic E-state index is 12.0. The Bertz CT molecular complexity index is 346. The lowest BCUT2D eigenvalue weighted by Gasteiger charge is -2.28. The monoisotopic (exact) mass is 366 g/mol. The number of carbonyl (C=O) groups excluding carboxylic acids is 1. The average Bonchev–Trinajstić information content (AvgIpc) is 2.57. The second-order valence-corrected chi connectivity index (χ2v) is 8.69. The summed E-state index contributed by atoms with van der Waals surface area (Å²) >= 11 is 0. The number of nitrogens with zero attached hydrogens (tertiary/aromatic N) is 1. The molecule has 0 aromatic rings. The first-order chi connectivity index (χ1) is 12.5. The number of unbranched alkanes of at least 4 members (excludes halogenated alkanes) is 11. The van der Waals surface area contributed by atoms with Gasteiger partial charge in [-0.25, -0.2) is 0 Å². The quantitative estimate of drug-likeness (QED) is 0.136. The molecule has 0 rings (SSSR count). The third kappa shape index (κ3) is 18.2. The minimum Gasteiger partial charge on any atom is -0.322 e. The van der Waals surface area contributed by atoms with Crippen molar-refractivity contribution in [2.75, 3.05) is 27.2 Å². The molecule has 0 unspecified atom stereocenters. The first-order valence-corrected chi connectivity index (χ1v) is 11.5. The van der Waals surface area contributed by atoms with Gasteiger partial charge < -0.3 is 4.48 Å². The summed E-state index contributed by atoms with van der Waals surface area (Å²) in [6.07, 6.45) is 23.7. The fourth-order valence-corrected chi connectivity index (χ4v) is 3.63. The highest BCUT2D eigenvalue weighted by Crippen LogP contribution is 2.11. The standard InChI is InChI=1S/C24H48NO/c1-5-7-8-9-10-11-12-13-14-15-16-17-18-19-20-21-24(26)23-25(3,4)22-6-2/h13-14H,5-12,15-23H2,1-4H3/q+1/b14-13-. The Morgan fingerprint density at radius 1 is 0.692 bits per heavy atom. The molecule has 0 amide bonds. The van der Waals surface area contributed by atoms with E-state index < -0.39 is 0 Å². The zero-order valence-corrected chi connectivity index (χ0v) is 18.5. The highest BCUT2D eigenvalue weighted by molar-refractivity contribution is 5.79. The van der Waals surface area contributed by atoms with Crippen LogP contribution >= 0.6 is 0 Å². The maximum Gasteiger partial charge on any atom is 0.186 e. The molecule has 154 valence electrons. The van der Waals surface area contributed by atoms with Crippen LogP contribution in [0.4, 0.5) is 0 Å². The third-order valence-corrected chi connectivity index (χ3v) is 5.15. The predicted octanol–water partition coefficient (Wildman–Crippen LogP) is 7.08. The van der Waals surface area contributed by atoms with Gasteiger partial charge in [0.05, 0.1) is 20.6 Å². The Kier molecular flexibility index (Phi) is 17.3. The summed E-state index contributed by atoms with van der Waals surface area (Å²) in [6.45, 7) is 6.26. The fourth-order valence-electron chi connectivity index (χ4n) is 3.63. The molecule has 0 aromatic carbocycles. The average molecular weight is 367 g/mol. The van der Waals surface area contributed by atoms with Crippen molar-refractivity contribution in [2.45, 2.75) is 110 Å². The molecule has 0 heterocycles. The van der Waals surface area contributed by atoms with Crippen molar-refractivity contribution in [1.29, 1.82) is 0 Å². The van der Waals surface area contributed by atoms with Crippen LogP contribution in [-0.2, 0) is 4.79 Å². The molecule has 0 bridgehead atoms. The summed E-state index contributed by atoms with van der Waals surface area (Å²) in [5.41, 5.74) is 0. The SMILES string of the molecule is CCCCCCCC/C=C\CCCCCCCC(=O)C[N+](C)(C)CCC. The first-order valence-electron chi connectivity index (χ1n) is 11.5. The van der Waals surface area contributed by atoms with Crippen molar-refractivity contribution >= 4 is 5.78 Å². The molecule has 0 N–H and O–H groups in total. The van der Waals surface area contributed by atoms with Gasteiger partial charge in [-0.15, -0.1) is 0 Å². The number of likely N-dealkylation sites (N-methyl/N-ethyl adjacent to an activating group) is 1. The maximum absolute atomic E-state index is 12.0. The topological polar surface area (TPSA) is 17.1 Å². The van der Waals surface area contributed by atoms with Crippen LogP contribution in [0.25, 0.3) is 0 Å². The minimum absolute atomic E-state index is 0.445. The predicted molar refractivity (Wildman–Crippen MR) is 117 cm³/mol. The summed E-state index contributed by atoms with van der Waals surface area (Å²) in [4.78, 5) is 12.0. The highest BCUT2D eigenvalue weighted by Gasteiger charge is 2.18. The van der Waals surface area contributed by atoms with Gasteiger partial charge in [-0.1, -0.05) is 77.4 Å². The zero-order valence-electron chi connectivity index (χ0n) is 18.5. The summed E-state index contributed by atoms with van der Waals surface area (Å²) < 4.78 is 0.848. The van der Waals surface area contributed by atoms with Crippen LogP contribution in [0.5, 0.6) is 0 Å². The number of ketones is 1. The Morgan fingerprint density at radius 3 is 1.73 bits per heavy atom. The molecule has 0 fully saturated rings. The Balaban J connectivity index is 3.35. The first kappa shape index (κ1) is 25.4. The van der Waals surface area contributed by atoms with E-state index in [4.69, 9.17) is 0 Å². The van der Waals surface area contributed by atoms with Gasteiger partial charge in [0.25, 0.3) is 0 Å². The molecule has 0 aliphatic carbocycles. The smallest absolute Gasteiger partial charge is 0.186 e. The van der Waals surface area contributed by atoms with Crippen molar-refractivity contribution in [3.8, 4) is 0 Å². The second kappa shape index (κ2) is 17.8. The lowest BCUT2D eigenvalue weighted by molar-refractivity contribution is -0.882. The van der Waals surface area contributed by atoms with Crippen LogP contribution in [-0.4, -0.2) is 37.5 Å². The number of hydrogen-bond donors (Lipinski definition) is 0. The van der Waals surface area contributed by atoms with E-state index in [1.165, 1.54) is 77.0 Å². The van der Waals surface area contributed by atoms with Crippen molar-refractivity contribution < 1.29 is 9.28 Å². The Labute approximate surface area is 165 Å². The van der Waals surface area contributed by atoms with Crippen LogP contribution < -0.4 is 0 Å². The van der Waals surface area contributed by atoms with Gasteiger partial charge in [0, 0.05) is 6.42 Å². The molecule has 0 spiro atoms. The van der Waals surface area contributed by atoms with E-state index in [2.05, 4.69) is 40.1 Å². The third-order valence-electron chi connectivity index (χ3n) is 5.15. The molecule has 2 nitrogen and oxygen atoms in total. The van der Waals surface area contributed by atoms with Crippen molar-refractivity contribution in [2.24, 2.45) is 0 Å². The second-order valence-electron chi connectivity index (χ2n) is 8.69. The van der Waals surface area contributed by atoms with Gasteiger partial charge >= 0.3 is 0 Å². The van der Waals surface area contributed by atoms with E-state index in [0.717, 1.165) is 30.3 Å². The van der Waals surface area contributed by atoms with Gasteiger partial charge in [-0.2, -0.15) is 0 Å². The van der Waals surface area contributed by atoms with Crippen molar-refractivity contribution in [3.05, 3.63) is 12.2 Å². The largest absolute Gasteiger partial charge is 0.322 e. The molecular weight excluding hydrogens is 318 g/mol.